The molecule has 0 amide bonds. The summed E-state index contributed by atoms with van der Waals surface area (Å²) >= 11 is 6.57. The van der Waals surface area contributed by atoms with E-state index in [1.807, 2.05) is 0 Å². The van der Waals surface area contributed by atoms with Gasteiger partial charge in [-0.15, -0.1) is 5.92 Å². The van der Waals surface area contributed by atoms with E-state index in [0.29, 0.717) is 5.39 Å². The number of nitrogens with one attached hydrogen (secondary N) is 1. The van der Waals surface area contributed by atoms with Gasteiger partial charge < -0.3 is 25.3 Å². The van der Waals surface area contributed by atoms with Gasteiger partial charge in [0, 0.05) is 6.20 Å². The molecule has 0 aliphatic carbocycles. The Morgan fingerprint density at radius 1 is 1.62 bits per heavy atom. The van der Waals surface area contributed by atoms with Crippen LogP contribution in [-0.4, -0.2) is 47.9 Å². The van der Waals surface area contributed by atoms with Gasteiger partial charge in [0.25, 0.3) is 5.56 Å². The molecule has 24 heavy (non-hydrogen) atoms. The summed E-state index contributed by atoms with van der Waals surface area (Å²) in [5.74, 6) is 5.37. The van der Waals surface area contributed by atoms with Crippen molar-refractivity contribution >= 4 is 28.6 Å². The summed E-state index contributed by atoms with van der Waals surface area (Å²) in [7, 11) is 0. The van der Waals surface area contributed by atoms with Crippen molar-refractivity contribution in [1.82, 2.24) is 14.5 Å². The highest BCUT2D eigenvalue weighted by atomic mass is 35.5. The number of alkyl halides is 1. The average Bonchev–Trinajstić information content (AvgIpc) is 3.00. The van der Waals surface area contributed by atoms with Gasteiger partial charge in [-0.05, 0) is 19.9 Å². The fraction of sp³-hybridized carbons (Fsp3) is 0.467. The van der Waals surface area contributed by atoms with Crippen LogP contribution < -0.4 is 11.3 Å². The van der Waals surface area contributed by atoms with Gasteiger partial charge in [-0.25, -0.2) is 0 Å². The fourth-order valence-electron chi connectivity index (χ4n) is 2.93. The largest absolute Gasteiger partial charge is 0.391 e. The smallest absolute Gasteiger partial charge is 0.261 e. The lowest BCUT2D eigenvalue weighted by Crippen LogP contribution is -2.43. The molecule has 1 unspecified atom stereocenters. The second-order valence-electron chi connectivity index (χ2n) is 5.69. The molecule has 3 heterocycles. The molecule has 2 aromatic heterocycles. The lowest BCUT2D eigenvalue weighted by molar-refractivity contribution is -0.0751. The number of fused-ring (bicyclic) bond motifs is 1. The zero-order chi connectivity index (χ0) is 17.6. The molecule has 9 heteroatoms. The minimum atomic E-state index is -1.51. The molecule has 5 N–H and O–H groups in total. The zero-order valence-electron chi connectivity index (χ0n) is 13.0. The van der Waals surface area contributed by atoms with Crippen molar-refractivity contribution in [1.29, 1.82) is 0 Å². The minimum Gasteiger partial charge on any atom is -0.391 e. The Kier molecular flexibility index (Phi) is 4.05. The van der Waals surface area contributed by atoms with E-state index in [0.717, 1.165) is 0 Å². The summed E-state index contributed by atoms with van der Waals surface area (Å²) in [4.78, 5) is 17.0. The van der Waals surface area contributed by atoms with Crippen LogP contribution in [0.25, 0.3) is 11.0 Å². The van der Waals surface area contributed by atoms with Crippen LogP contribution in [-0.2, 0) is 4.74 Å². The molecule has 5 atom stereocenters. The van der Waals surface area contributed by atoms with Crippen LogP contribution in [0.1, 0.15) is 20.1 Å². The second-order valence-corrected chi connectivity index (χ2v) is 6.32. The second kappa shape index (κ2) is 5.79. The highest BCUT2D eigenvalue weighted by Crippen LogP contribution is 2.45. The molecule has 1 aliphatic rings. The summed E-state index contributed by atoms with van der Waals surface area (Å²) < 4.78 is 7.26. The average molecular weight is 353 g/mol. The van der Waals surface area contributed by atoms with E-state index in [-0.39, 0.29) is 11.6 Å². The van der Waals surface area contributed by atoms with Crippen molar-refractivity contribution in [2.45, 2.75) is 43.3 Å². The van der Waals surface area contributed by atoms with E-state index in [2.05, 4.69) is 21.8 Å². The number of hydrogen-bond acceptors (Lipinski definition) is 6. The number of aromatic amines is 1. The molecule has 2 aromatic rings. The number of aliphatic hydroxyl groups excluding tert-OH is 2. The van der Waals surface area contributed by atoms with Gasteiger partial charge >= 0.3 is 0 Å². The number of nitrogens with zero attached hydrogens (tertiary/aromatic N) is 2. The number of rotatable bonds is 2. The Morgan fingerprint density at radius 3 is 2.96 bits per heavy atom. The van der Waals surface area contributed by atoms with Crippen molar-refractivity contribution < 1.29 is 14.9 Å². The molecule has 3 rings (SSSR count). The van der Waals surface area contributed by atoms with Gasteiger partial charge in [-0.3, -0.25) is 9.78 Å². The molecule has 8 nitrogen and oxygen atoms in total. The highest BCUT2D eigenvalue weighted by molar-refractivity contribution is 6.27. The maximum Gasteiger partial charge on any atom is 0.261 e. The van der Waals surface area contributed by atoms with E-state index in [4.69, 9.17) is 22.1 Å². The number of H-pyrrole nitrogens is 1. The molecule has 1 saturated heterocycles. The van der Waals surface area contributed by atoms with E-state index in [1.54, 1.807) is 19.2 Å². The van der Waals surface area contributed by atoms with E-state index in [9.17, 15) is 15.0 Å². The van der Waals surface area contributed by atoms with Gasteiger partial charge in [-0.1, -0.05) is 17.5 Å². The van der Waals surface area contributed by atoms with Crippen molar-refractivity contribution in [2.24, 2.45) is 0 Å². The molecular weight excluding hydrogens is 336 g/mol. The van der Waals surface area contributed by atoms with Gasteiger partial charge in [0.1, 0.15) is 12.2 Å². The van der Waals surface area contributed by atoms with Gasteiger partial charge in [-0.2, -0.15) is 4.98 Å². The summed E-state index contributed by atoms with van der Waals surface area (Å²) in [6.07, 6.45) is -2.56. The maximum absolute atomic E-state index is 12.0. The molecule has 0 aromatic carbocycles. The van der Waals surface area contributed by atoms with Crippen LogP contribution in [0.3, 0.4) is 0 Å². The molecular formula is C15H17ClN4O4. The Morgan fingerprint density at radius 2 is 2.33 bits per heavy atom. The Balaban J connectivity index is 2.20. The summed E-state index contributed by atoms with van der Waals surface area (Å²) in [5, 5.41) is 20.7. The third-order valence-electron chi connectivity index (χ3n) is 4.03. The Labute approximate surface area is 142 Å². The third-order valence-corrected chi connectivity index (χ3v) is 4.54. The number of anilines is 1. The lowest BCUT2D eigenvalue weighted by atomic mass is 9.97. The van der Waals surface area contributed by atoms with E-state index < -0.39 is 35.0 Å². The predicted molar refractivity (Wildman–Crippen MR) is 88.4 cm³/mol. The monoisotopic (exact) mass is 352 g/mol. The van der Waals surface area contributed by atoms with Gasteiger partial charge in [0.05, 0.1) is 11.5 Å². The highest BCUT2D eigenvalue weighted by Gasteiger charge is 2.57. The fourth-order valence-corrected chi connectivity index (χ4v) is 3.30. The lowest BCUT2D eigenvalue weighted by Gasteiger charge is -2.26. The van der Waals surface area contributed by atoms with Crippen molar-refractivity contribution in [3.8, 4) is 11.8 Å². The number of aliphatic hydroxyl groups is 2. The third kappa shape index (κ3) is 2.37. The number of nitrogen functional groups attached to an aromatic ring is 1. The number of aromatic nitrogens is 3. The number of ether oxygens (including phenoxy) is 1. The van der Waals surface area contributed by atoms with E-state index in [1.165, 1.54) is 11.5 Å². The zero-order valence-corrected chi connectivity index (χ0v) is 13.8. The van der Waals surface area contributed by atoms with E-state index >= 15 is 0 Å². The van der Waals surface area contributed by atoms with Crippen LogP contribution in [0, 0.1) is 11.8 Å². The van der Waals surface area contributed by atoms with Crippen LogP contribution in [0.4, 0.5) is 5.95 Å². The van der Waals surface area contributed by atoms with Crippen LogP contribution in [0.15, 0.2) is 17.1 Å². The number of halogens is 1. The van der Waals surface area contributed by atoms with Crippen molar-refractivity contribution in [3.05, 3.63) is 22.6 Å². The molecule has 1 fully saturated rings. The number of hydrogen-bond donors (Lipinski definition) is 4. The topological polar surface area (TPSA) is 126 Å². The van der Waals surface area contributed by atoms with Crippen LogP contribution >= 0.6 is 11.6 Å². The molecule has 0 radical (unpaired) electrons. The normalized spacial score (nSPS) is 31.0. The first kappa shape index (κ1) is 16.8. The van der Waals surface area contributed by atoms with Crippen molar-refractivity contribution in [2.75, 3.05) is 5.73 Å². The first-order valence-corrected chi connectivity index (χ1v) is 7.68. The first-order valence-electron chi connectivity index (χ1n) is 7.30. The van der Waals surface area contributed by atoms with Crippen molar-refractivity contribution in [3.63, 3.8) is 0 Å². The molecule has 0 saturated carbocycles. The molecule has 0 spiro atoms. The standard InChI is InChI=1S/C15H17ClN4O4/c1-3-5-15(16)10(22)9(7(2)21)24-13(15)20-6-4-8-11(20)18-14(17)19-12(8)23/h4,6-7,9-10,13,21-22H,1-2H3,(H3,17,18,19,23)/t7-,9+,10?,13+,15+/m0/s1. The number of nitrogens with two attached hydrogens (primary N) is 1. The predicted octanol–water partition coefficient (Wildman–Crippen LogP) is -0.0532. The Bertz CT molecular complexity index is 896. The van der Waals surface area contributed by atoms with Crippen LogP contribution in [0.2, 0.25) is 0 Å². The summed E-state index contributed by atoms with van der Waals surface area (Å²) in [5.41, 5.74) is 5.46. The SMILES string of the molecule is CC#C[C@@]1(Cl)C(O)[C@@H]([C@H](C)O)O[C@H]1n1ccc2c(=O)[nH]c(N)nc21. The maximum atomic E-state index is 12.0. The molecule has 1 aliphatic heterocycles. The summed E-state index contributed by atoms with van der Waals surface area (Å²) in [6.45, 7) is 3.07. The Hall–Kier alpha value is -2.05. The quantitative estimate of drug-likeness (QED) is 0.443. The molecule has 0 bridgehead atoms. The minimum absolute atomic E-state index is 0.0557. The van der Waals surface area contributed by atoms with Crippen LogP contribution in [0.5, 0.6) is 0 Å². The molecule has 128 valence electrons. The van der Waals surface area contributed by atoms with Gasteiger partial charge in [0.2, 0.25) is 5.95 Å². The van der Waals surface area contributed by atoms with Gasteiger partial charge in [0.15, 0.2) is 16.7 Å². The first-order chi connectivity index (χ1) is 11.3. The summed E-state index contributed by atoms with van der Waals surface area (Å²) in [6, 6.07) is 1.54.